The van der Waals surface area contributed by atoms with Gasteiger partial charge in [0, 0.05) is 38.3 Å². The zero-order valence-electron chi connectivity index (χ0n) is 20.1. The van der Waals surface area contributed by atoms with E-state index in [-0.39, 0.29) is 12.0 Å². The summed E-state index contributed by atoms with van der Waals surface area (Å²) in [5, 5.41) is 3.99. The Kier molecular flexibility index (Phi) is 7.57. The molecule has 2 aromatic carbocycles. The summed E-state index contributed by atoms with van der Waals surface area (Å²) in [7, 11) is 0. The molecule has 0 saturated carbocycles. The van der Waals surface area contributed by atoms with E-state index in [1.807, 2.05) is 29.2 Å². The Labute approximate surface area is 216 Å². The predicted molar refractivity (Wildman–Crippen MR) is 140 cm³/mol. The number of piperidine rings is 1. The number of halogens is 1. The normalized spacial score (nSPS) is 17.1. The van der Waals surface area contributed by atoms with Crippen LogP contribution in [0, 0.1) is 6.57 Å². The zero-order chi connectivity index (χ0) is 24.9. The van der Waals surface area contributed by atoms with Crippen molar-refractivity contribution in [3.05, 3.63) is 82.4 Å². The molecule has 8 heteroatoms. The van der Waals surface area contributed by atoms with Gasteiger partial charge in [0.15, 0.2) is 11.4 Å². The third-order valence-electron chi connectivity index (χ3n) is 6.72. The maximum absolute atomic E-state index is 13.0. The molecule has 186 valence electrons. The summed E-state index contributed by atoms with van der Waals surface area (Å²) in [5.74, 6) is 1.56. The van der Waals surface area contributed by atoms with Crippen LogP contribution in [0.1, 0.15) is 29.0 Å². The minimum absolute atomic E-state index is 0.107. The monoisotopic (exact) mass is 504 g/mol. The van der Waals surface area contributed by atoms with Gasteiger partial charge in [-0.3, -0.25) is 9.69 Å². The summed E-state index contributed by atoms with van der Waals surface area (Å²) in [4.78, 5) is 20.6. The van der Waals surface area contributed by atoms with E-state index in [1.165, 1.54) is 0 Å². The average molecular weight is 505 g/mol. The molecule has 0 aliphatic carbocycles. The van der Waals surface area contributed by atoms with Gasteiger partial charge >= 0.3 is 0 Å². The van der Waals surface area contributed by atoms with Crippen LogP contribution in [0.3, 0.4) is 0 Å². The molecule has 3 aromatic rings. The lowest BCUT2D eigenvalue weighted by Crippen LogP contribution is -2.48. The first-order valence-corrected chi connectivity index (χ1v) is 12.7. The molecule has 0 radical (unpaired) electrons. The van der Waals surface area contributed by atoms with Crippen molar-refractivity contribution in [2.75, 3.05) is 39.3 Å². The smallest absolute Gasteiger partial charge is 0.289 e. The molecule has 0 bridgehead atoms. The quantitative estimate of drug-likeness (QED) is 0.465. The molecule has 2 saturated heterocycles. The van der Waals surface area contributed by atoms with Gasteiger partial charge in [-0.25, -0.2) is 4.85 Å². The fourth-order valence-electron chi connectivity index (χ4n) is 4.69. The van der Waals surface area contributed by atoms with Crippen molar-refractivity contribution in [3.8, 4) is 17.1 Å². The fourth-order valence-corrected chi connectivity index (χ4v) is 4.94. The Morgan fingerprint density at radius 1 is 1.08 bits per heavy atom. The Morgan fingerprint density at radius 3 is 2.64 bits per heavy atom. The zero-order valence-corrected chi connectivity index (χ0v) is 20.8. The first-order valence-electron chi connectivity index (χ1n) is 12.3. The second-order valence-corrected chi connectivity index (χ2v) is 9.63. The second kappa shape index (κ2) is 11.2. The molecule has 0 atom stereocenters. The van der Waals surface area contributed by atoms with E-state index in [9.17, 15) is 4.79 Å². The summed E-state index contributed by atoms with van der Waals surface area (Å²) in [6.45, 7) is 12.7. The molecule has 3 heterocycles. The molecule has 5 rings (SSSR count). The largest absolute Gasteiger partial charge is 0.489 e. The van der Waals surface area contributed by atoms with Crippen molar-refractivity contribution < 1.29 is 13.9 Å². The summed E-state index contributed by atoms with van der Waals surface area (Å²) < 4.78 is 12.0. The number of hydrogen-bond acceptors (Lipinski definition) is 5. The summed E-state index contributed by atoms with van der Waals surface area (Å²) in [6, 6.07) is 16.7. The Bertz CT molecular complexity index is 1250. The summed E-state index contributed by atoms with van der Waals surface area (Å²) >= 11 is 6.53. The third-order valence-corrected chi connectivity index (χ3v) is 7.01. The number of benzene rings is 2. The molecule has 1 aromatic heterocycles. The number of amides is 1. The number of ether oxygens (including phenoxy) is 1. The number of piperazine rings is 1. The van der Waals surface area contributed by atoms with Gasteiger partial charge in [-0.15, -0.1) is 0 Å². The molecule has 2 fully saturated rings. The highest BCUT2D eigenvalue weighted by Crippen LogP contribution is 2.29. The van der Waals surface area contributed by atoms with E-state index in [0.29, 0.717) is 35.3 Å². The fraction of sp³-hybridized carbons (Fsp3) is 0.357. The van der Waals surface area contributed by atoms with Gasteiger partial charge in [0.2, 0.25) is 0 Å². The minimum Gasteiger partial charge on any atom is -0.489 e. The summed E-state index contributed by atoms with van der Waals surface area (Å²) in [5.41, 5.74) is 2.46. The van der Waals surface area contributed by atoms with Gasteiger partial charge in [0.05, 0.1) is 11.6 Å². The van der Waals surface area contributed by atoms with E-state index in [0.717, 1.165) is 62.4 Å². The van der Waals surface area contributed by atoms with Crippen LogP contribution in [0.15, 0.2) is 59.0 Å². The SMILES string of the molecule is [C-]#[N+]c1cccc(-c2ccc(C(=O)N3CCN(Cc4ccc(OC5CCNCC5)c(Cl)c4)CC3)o2)c1. The first kappa shape index (κ1) is 24.4. The first-order chi connectivity index (χ1) is 17.6. The van der Waals surface area contributed by atoms with Gasteiger partial charge in [-0.2, -0.15) is 0 Å². The van der Waals surface area contributed by atoms with E-state index < -0.39 is 0 Å². The number of furan rings is 1. The Balaban J connectivity index is 1.14. The average Bonchev–Trinajstić information content (AvgIpc) is 3.41. The molecule has 2 aliphatic heterocycles. The van der Waals surface area contributed by atoms with Crippen molar-refractivity contribution in [1.29, 1.82) is 0 Å². The highest BCUT2D eigenvalue weighted by molar-refractivity contribution is 6.32. The van der Waals surface area contributed by atoms with Crippen molar-refractivity contribution in [3.63, 3.8) is 0 Å². The number of hydrogen-bond donors (Lipinski definition) is 1. The third kappa shape index (κ3) is 5.73. The van der Waals surface area contributed by atoms with Crippen LogP contribution in [0.25, 0.3) is 16.2 Å². The van der Waals surface area contributed by atoms with Crippen LogP contribution in [0.2, 0.25) is 5.02 Å². The van der Waals surface area contributed by atoms with E-state index >= 15 is 0 Å². The lowest BCUT2D eigenvalue weighted by molar-refractivity contribution is 0.0598. The predicted octanol–water partition coefficient (Wildman–Crippen LogP) is 5.24. The summed E-state index contributed by atoms with van der Waals surface area (Å²) in [6.07, 6.45) is 2.21. The van der Waals surface area contributed by atoms with Crippen molar-refractivity contribution in [2.45, 2.75) is 25.5 Å². The van der Waals surface area contributed by atoms with E-state index in [2.05, 4.69) is 21.1 Å². The highest BCUT2D eigenvalue weighted by atomic mass is 35.5. The molecule has 0 unspecified atom stereocenters. The maximum atomic E-state index is 13.0. The van der Waals surface area contributed by atoms with Gasteiger partial charge in [-0.05, 0) is 61.8 Å². The molecule has 1 N–H and O–H groups in total. The lowest BCUT2D eigenvalue weighted by Gasteiger charge is -2.34. The minimum atomic E-state index is -0.107. The molecule has 1 amide bonds. The Morgan fingerprint density at radius 2 is 1.89 bits per heavy atom. The number of rotatable bonds is 6. The van der Waals surface area contributed by atoms with Crippen LogP contribution >= 0.6 is 11.6 Å². The van der Waals surface area contributed by atoms with Gasteiger partial charge in [-0.1, -0.05) is 35.9 Å². The lowest BCUT2D eigenvalue weighted by atomic mass is 10.1. The topological polar surface area (TPSA) is 62.3 Å². The Hall–Kier alpha value is -3.31. The molecule has 0 spiro atoms. The number of carbonyl (C=O) groups excluding carboxylic acids is 1. The van der Waals surface area contributed by atoms with Crippen LogP contribution < -0.4 is 10.1 Å². The van der Waals surface area contributed by atoms with Crippen molar-refractivity contribution in [1.82, 2.24) is 15.1 Å². The van der Waals surface area contributed by atoms with Crippen molar-refractivity contribution >= 4 is 23.2 Å². The number of nitrogens with one attached hydrogen (secondary N) is 1. The maximum Gasteiger partial charge on any atom is 0.289 e. The van der Waals surface area contributed by atoms with Crippen molar-refractivity contribution in [2.24, 2.45) is 0 Å². The molecular formula is C28H29ClN4O3. The van der Waals surface area contributed by atoms with Crippen LogP contribution in [-0.4, -0.2) is 61.1 Å². The standard InChI is InChI=1S/C28H29ClN4O3/c1-30-22-4-2-3-21(18-22)25-7-8-27(36-25)28(34)33-15-13-32(14-16-33)19-20-5-6-26(24(29)17-20)35-23-9-11-31-12-10-23/h2-8,17-18,23,31H,9-16,19H2. The van der Waals surface area contributed by atoms with Crippen LogP contribution in [0.4, 0.5) is 5.69 Å². The molecule has 7 nitrogen and oxygen atoms in total. The highest BCUT2D eigenvalue weighted by Gasteiger charge is 2.25. The van der Waals surface area contributed by atoms with Crippen LogP contribution in [-0.2, 0) is 6.54 Å². The number of nitrogens with zero attached hydrogens (tertiary/aromatic N) is 3. The molecule has 36 heavy (non-hydrogen) atoms. The second-order valence-electron chi connectivity index (χ2n) is 9.23. The van der Waals surface area contributed by atoms with E-state index in [1.54, 1.807) is 24.3 Å². The van der Waals surface area contributed by atoms with E-state index in [4.69, 9.17) is 27.3 Å². The molecule has 2 aliphatic rings. The number of carbonyl (C=O) groups is 1. The molecular weight excluding hydrogens is 476 g/mol. The van der Waals surface area contributed by atoms with Crippen LogP contribution in [0.5, 0.6) is 5.75 Å². The van der Waals surface area contributed by atoms with Gasteiger partial charge in [0.25, 0.3) is 5.91 Å². The van der Waals surface area contributed by atoms with Gasteiger partial charge < -0.3 is 19.4 Å². The van der Waals surface area contributed by atoms with Gasteiger partial charge in [0.1, 0.15) is 17.6 Å².